The molecule has 2 saturated heterocycles. The SMILES string of the molecule is CCOC1CCOC2(C1)CN(S(=O)(=O)C(C)C)C2. The van der Waals surface area contributed by atoms with Crippen molar-refractivity contribution in [3.05, 3.63) is 0 Å². The van der Waals surface area contributed by atoms with E-state index in [0.29, 0.717) is 26.3 Å². The van der Waals surface area contributed by atoms with Crippen molar-refractivity contribution in [2.75, 3.05) is 26.3 Å². The van der Waals surface area contributed by atoms with Crippen molar-refractivity contribution in [3.63, 3.8) is 0 Å². The second-order valence-electron chi connectivity index (χ2n) is 5.46. The van der Waals surface area contributed by atoms with E-state index < -0.39 is 10.0 Å². The summed E-state index contributed by atoms with van der Waals surface area (Å²) >= 11 is 0. The summed E-state index contributed by atoms with van der Waals surface area (Å²) in [5.41, 5.74) is -0.292. The average molecular weight is 277 g/mol. The lowest BCUT2D eigenvalue weighted by Crippen LogP contribution is -2.67. The highest BCUT2D eigenvalue weighted by Gasteiger charge is 2.52. The molecule has 0 aromatic rings. The zero-order valence-corrected chi connectivity index (χ0v) is 12.2. The van der Waals surface area contributed by atoms with Crippen LogP contribution in [-0.2, 0) is 19.5 Å². The van der Waals surface area contributed by atoms with Crippen LogP contribution in [0.5, 0.6) is 0 Å². The number of hydrogen-bond acceptors (Lipinski definition) is 4. The van der Waals surface area contributed by atoms with E-state index >= 15 is 0 Å². The molecule has 0 aromatic heterocycles. The van der Waals surface area contributed by atoms with Gasteiger partial charge in [0.15, 0.2) is 0 Å². The Morgan fingerprint density at radius 1 is 1.44 bits per heavy atom. The average Bonchev–Trinajstić information content (AvgIpc) is 2.26. The molecule has 6 heteroatoms. The Morgan fingerprint density at radius 3 is 2.67 bits per heavy atom. The van der Waals surface area contributed by atoms with Crippen LogP contribution < -0.4 is 0 Å². The molecule has 0 N–H and O–H groups in total. The second kappa shape index (κ2) is 5.07. The van der Waals surface area contributed by atoms with Gasteiger partial charge in [-0.05, 0) is 27.2 Å². The molecule has 0 amide bonds. The van der Waals surface area contributed by atoms with Crippen LogP contribution in [0.1, 0.15) is 33.6 Å². The number of sulfonamides is 1. The summed E-state index contributed by atoms with van der Waals surface area (Å²) in [4.78, 5) is 0. The van der Waals surface area contributed by atoms with Crippen molar-refractivity contribution < 1.29 is 17.9 Å². The zero-order valence-electron chi connectivity index (χ0n) is 11.4. The lowest BCUT2D eigenvalue weighted by atomic mass is 9.86. The maximum absolute atomic E-state index is 12.0. The minimum atomic E-state index is -3.13. The highest BCUT2D eigenvalue weighted by Crippen LogP contribution is 2.37. The van der Waals surface area contributed by atoms with E-state index in [1.54, 1.807) is 13.8 Å². The number of hydrogen-bond donors (Lipinski definition) is 0. The van der Waals surface area contributed by atoms with Gasteiger partial charge in [0.1, 0.15) is 0 Å². The van der Waals surface area contributed by atoms with Crippen LogP contribution in [0.4, 0.5) is 0 Å². The zero-order chi connectivity index (χ0) is 13.4. The minimum absolute atomic E-state index is 0.215. The summed E-state index contributed by atoms with van der Waals surface area (Å²) in [5, 5.41) is -0.360. The predicted octanol–water partition coefficient (Wildman–Crippen LogP) is 0.995. The van der Waals surface area contributed by atoms with Crippen molar-refractivity contribution in [1.82, 2.24) is 4.31 Å². The van der Waals surface area contributed by atoms with Gasteiger partial charge in [-0.15, -0.1) is 0 Å². The summed E-state index contributed by atoms with van der Waals surface area (Å²) in [5.74, 6) is 0. The van der Waals surface area contributed by atoms with Crippen molar-refractivity contribution in [2.45, 2.75) is 50.6 Å². The molecular formula is C12H23NO4S. The van der Waals surface area contributed by atoms with Crippen LogP contribution in [-0.4, -0.2) is 56.0 Å². The molecule has 0 saturated carbocycles. The molecule has 1 atom stereocenters. The molecule has 106 valence electrons. The molecule has 1 spiro atoms. The molecule has 18 heavy (non-hydrogen) atoms. The van der Waals surface area contributed by atoms with Crippen LogP contribution in [0.2, 0.25) is 0 Å². The smallest absolute Gasteiger partial charge is 0.216 e. The van der Waals surface area contributed by atoms with Gasteiger partial charge in [-0.25, -0.2) is 8.42 Å². The van der Waals surface area contributed by atoms with Gasteiger partial charge in [0.05, 0.1) is 17.0 Å². The first-order chi connectivity index (χ1) is 8.39. The number of rotatable bonds is 4. The molecule has 1 unspecified atom stereocenters. The van der Waals surface area contributed by atoms with Gasteiger partial charge in [0.25, 0.3) is 0 Å². The standard InChI is InChI=1S/C12H23NO4S/c1-4-16-11-5-6-17-12(7-11)8-13(9-12)18(14,15)10(2)3/h10-11H,4-9H2,1-3H3. The molecule has 0 aromatic carbocycles. The molecule has 5 nitrogen and oxygen atoms in total. The molecule has 2 rings (SSSR count). The summed E-state index contributed by atoms with van der Waals surface area (Å²) in [7, 11) is -3.13. The van der Waals surface area contributed by atoms with Crippen LogP contribution >= 0.6 is 0 Å². The Labute approximate surface area is 109 Å². The first-order valence-electron chi connectivity index (χ1n) is 6.64. The second-order valence-corrected chi connectivity index (χ2v) is 7.95. The van der Waals surface area contributed by atoms with E-state index in [2.05, 4.69) is 0 Å². The van der Waals surface area contributed by atoms with Crippen LogP contribution in [0.15, 0.2) is 0 Å². The summed E-state index contributed by atoms with van der Waals surface area (Å²) in [6.45, 7) is 7.75. The number of ether oxygens (including phenoxy) is 2. The Morgan fingerprint density at radius 2 is 2.11 bits per heavy atom. The highest BCUT2D eigenvalue weighted by atomic mass is 32.2. The fourth-order valence-corrected chi connectivity index (χ4v) is 4.08. The van der Waals surface area contributed by atoms with Gasteiger partial charge in [-0.3, -0.25) is 0 Å². The maximum Gasteiger partial charge on any atom is 0.216 e. The third kappa shape index (κ3) is 2.57. The molecule has 2 aliphatic heterocycles. The van der Waals surface area contributed by atoms with Gasteiger partial charge in [-0.1, -0.05) is 0 Å². The van der Waals surface area contributed by atoms with Gasteiger partial charge in [-0.2, -0.15) is 4.31 Å². The first-order valence-corrected chi connectivity index (χ1v) is 8.14. The van der Waals surface area contributed by atoms with Crippen molar-refractivity contribution in [1.29, 1.82) is 0 Å². The van der Waals surface area contributed by atoms with E-state index in [9.17, 15) is 8.42 Å². The monoisotopic (exact) mass is 277 g/mol. The topological polar surface area (TPSA) is 55.8 Å². The predicted molar refractivity (Wildman–Crippen MR) is 69.0 cm³/mol. The molecule has 0 bridgehead atoms. The van der Waals surface area contributed by atoms with Crippen LogP contribution in [0.3, 0.4) is 0 Å². The molecular weight excluding hydrogens is 254 g/mol. The summed E-state index contributed by atoms with van der Waals surface area (Å²) in [6.07, 6.45) is 1.94. The van der Waals surface area contributed by atoms with Crippen LogP contribution in [0.25, 0.3) is 0 Å². The van der Waals surface area contributed by atoms with Crippen molar-refractivity contribution in [3.8, 4) is 0 Å². The van der Waals surface area contributed by atoms with Crippen LogP contribution in [0, 0.1) is 0 Å². The fourth-order valence-electron chi connectivity index (χ4n) is 2.66. The molecule has 2 heterocycles. The normalized spacial score (nSPS) is 28.6. The van der Waals surface area contributed by atoms with Crippen molar-refractivity contribution in [2.24, 2.45) is 0 Å². The van der Waals surface area contributed by atoms with E-state index in [1.807, 2.05) is 6.92 Å². The van der Waals surface area contributed by atoms with E-state index in [4.69, 9.17) is 9.47 Å². The fraction of sp³-hybridized carbons (Fsp3) is 1.00. The quantitative estimate of drug-likeness (QED) is 0.769. The minimum Gasteiger partial charge on any atom is -0.378 e. The number of nitrogens with zero attached hydrogens (tertiary/aromatic N) is 1. The largest absolute Gasteiger partial charge is 0.378 e. The van der Waals surface area contributed by atoms with Gasteiger partial charge in [0, 0.05) is 32.7 Å². The van der Waals surface area contributed by atoms with Gasteiger partial charge < -0.3 is 9.47 Å². The van der Waals surface area contributed by atoms with Gasteiger partial charge >= 0.3 is 0 Å². The molecule has 2 fully saturated rings. The maximum atomic E-state index is 12.0. The van der Waals surface area contributed by atoms with E-state index in [-0.39, 0.29) is 17.0 Å². The van der Waals surface area contributed by atoms with Crippen molar-refractivity contribution >= 4 is 10.0 Å². The van der Waals surface area contributed by atoms with Gasteiger partial charge in [0.2, 0.25) is 10.0 Å². The third-order valence-corrected chi connectivity index (χ3v) is 5.90. The molecule has 0 aliphatic carbocycles. The Kier molecular flexibility index (Phi) is 4.02. The molecule has 2 aliphatic rings. The lowest BCUT2D eigenvalue weighted by molar-refractivity contribution is -0.177. The third-order valence-electron chi connectivity index (χ3n) is 3.73. The Hall–Kier alpha value is -0.170. The highest BCUT2D eigenvalue weighted by molar-refractivity contribution is 7.89. The lowest BCUT2D eigenvalue weighted by Gasteiger charge is -2.52. The van der Waals surface area contributed by atoms with E-state index in [0.717, 1.165) is 12.8 Å². The Bertz CT molecular complexity index is 385. The molecule has 0 radical (unpaired) electrons. The summed E-state index contributed by atoms with van der Waals surface area (Å²) < 4.78 is 36.9. The Balaban J connectivity index is 1.94. The first kappa shape index (κ1) is 14.2. The summed E-state index contributed by atoms with van der Waals surface area (Å²) in [6, 6.07) is 0. The van der Waals surface area contributed by atoms with E-state index in [1.165, 1.54) is 4.31 Å².